The lowest BCUT2D eigenvalue weighted by molar-refractivity contribution is -0.113. The maximum Gasteiger partial charge on any atom is 0.348 e. The Bertz CT molecular complexity index is 1080. The van der Waals surface area contributed by atoms with Gasteiger partial charge in [-0.05, 0) is 24.6 Å². The molecule has 156 valence electrons. The number of esters is 2. The topological polar surface area (TPSA) is 121 Å². The minimum atomic E-state index is -0.661. The normalized spacial score (nSPS) is 10.5. The highest BCUT2D eigenvalue weighted by atomic mass is 32.2. The molecule has 0 aliphatic carbocycles. The van der Waals surface area contributed by atoms with Crippen LogP contribution >= 0.6 is 23.1 Å². The van der Waals surface area contributed by atoms with E-state index >= 15 is 0 Å². The van der Waals surface area contributed by atoms with Crippen LogP contribution in [0.15, 0.2) is 40.0 Å². The number of rotatable bonds is 7. The molecule has 0 bridgehead atoms. The molecule has 0 radical (unpaired) electrons. The number of anilines is 1. The van der Waals surface area contributed by atoms with E-state index in [-0.39, 0.29) is 26.4 Å². The SMILES string of the molecule is COC(=O)c1sc(NC(=O)CSc2nnc(-c3ccccc3)o2)c(C(=O)OC)c1C. The number of hydrogen-bond acceptors (Lipinski definition) is 10. The fourth-order valence-corrected chi connectivity index (χ4v) is 4.18. The molecule has 0 saturated heterocycles. The smallest absolute Gasteiger partial charge is 0.348 e. The third kappa shape index (κ3) is 4.69. The van der Waals surface area contributed by atoms with Crippen molar-refractivity contribution < 1.29 is 28.3 Å². The average molecular weight is 447 g/mol. The predicted molar refractivity (Wildman–Crippen MR) is 111 cm³/mol. The number of carbonyl (C=O) groups is 3. The van der Waals surface area contributed by atoms with Crippen molar-refractivity contribution in [2.75, 3.05) is 25.3 Å². The molecule has 0 atom stereocenters. The van der Waals surface area contributed by atoms with Gasteiger partial charge in [-0.3, -0.25) is 4.79 Å². The Morgan fingerprint density at radius 1 is 1.10 bits per heavy atom. The van der Waals surface area contributed by atoms with Crippen molar-refractivity contribution in [3.05, 3.63) is 46.3 Å². The number of thioether (sulfide) groups is 1. The van der Waals surface area contributed by atoms with Gasteiger partial charge in [-0.25, -0.2) is 9.59 Å². The number of methoxy groups -OCH3 is 2. The molecule has 1 aromatic carbocycles. The van der Waals surface area contributed by atoms with E-state index in [4.69, 9.17) is 13.9 Å². The Hall–Kier alpha value is -3.18. The highest BCUT2D eigenvalue weighted by molar-refractivity contribution is 7.99. The van der Waals surface area contributed by atoms with E-state index in [0.717, 1.165) is 28.7 Å². The molecule has 0 aliphatic heterocycles. The van der Waals surface area contributed by atoms with Crippen LogP contribution in [-0.4, -0.2) is 48.0 Å². The molecule has 0 fully saturated rings. The Balaban J connectivity index is 1.70. The van der Waals surface area contributed by atoms with Crippen LogP contribution in [0.25, 0.3) is 11.5 Å². The van der Waals surface area contributed by atoms with Crippen molar-refractivity contribution in [2.45, 2.75) is 12.1 Å². The van der Waals surface area contributed by atoms with E-state index in [1.807, 2.05) is 30.3 Å². The van der Waals surface area contributed by atoms with E-state index in [2.05, 4.69) is 15.5 Å². The molecule has 11 heteroatoms. The molecule has 2 aromatic heterocycles. The van der Waals surface area contributed by atoms with Gasteiger partial charge in [0.05, 0.1) is 25.5 Å². The van der Waals surface area contributed by atoms with E-state index in [9.17, 15) is 14.4 Å². The average Bonchev–Trinajstić information content (AvgIpc) is 3.36. The van der Waals surface area contributed by atoms with Crippen molar-refractivity contribution in [2.24, 2.45) is 0 Å². The van der Waals surface area contributed by atoms with Gasteiger partial charge in [0.1, 0.15) is 9.88 Å². The van der Waals surface area contributed by atoms with Gasteiger partial charge in [0, 0.05) is 5.56 Å². The zero-order valence-electron chi connectivity index (χ0n) is 16.3. The van der Waals surface area contributed by atoms with Gasteiger partial charge in [0.2, 0.25) is 11.8 Å². The molecular formula is C19H17N3O6S2. The largest absolute Gasteiger partial charge is 0.465 e. The van der Waals surface area contributed by atoms with Crippen molar-refractivity contribution in [3.63, 3.8) is 0 Å². The zero-order valence-corrected chi connectivity index (χ0v) is 17.9. The van der Waals surface area contributed by atoms with Crippen LogP contribution in [0.4, 0.5) is 5.00 Å². The number of thiophene rings is 1. The Kier molecular flexibility index (Phi) is 6.85. The fraction of sp³-hybridized carbons (Fsp3) is 0.211. The van der Waals surface area contributed by atoms with Gasteiger partial charge in [-0.1, -0.05) is 30.0 Å². The van der Waals surface area contributed by atoms with Crippen molar-refractivity contribution in [3.8, 4) is 11.5 Å². The minimum Gasteiger partial charge on any atom is -0.465 e. The highest BCUT2D eigenvalue weighted by Crippen LogP contribution is 2.34. The second kappa shape index (κ2) is 9.55. The van der Waals surface area contributed by atoms with Gasteiger partial charge >= 0.3 is 11.9 Å². The lowest BCUT2D eigenvalue weighted by Crippen LogP contribution is -2.16. The monoisotopic (exact) mass is 447 g/mol. The zero-order chi connectivity index (χ0) is 21.7. The summed E-state index contributed by atoms with van der Waals surface area (Å²) in [5.41, 5.74) is 1.27. The van der Waals surface area contributed by atoms with Crippen LogP contribution < -0.4 is 5.32 Å². The molecule has 0 saturated carbocycles. The van der Waals surface area contributed by atoms with Gasteiger partial charge in [-0.15, -0.1) is 21.5 Å². The lowest BCUT2D eigenvalue weighted by atomic mass is 10.1. The third-order valence-corrected chi connectivity index (χ3v) is 5.92. The number of ether oxygens (including phenoxy) is 2. The highest BCUT2D eigenvalue weighted by Gasteiger charge is 2.26. The summed E-state index contributed by atoms with van der Waals surface area (Å²) in [6, 6.07) is 9.25. The summed E-state index contributed by atoms with van der Waals surface area (Å²) < 4.78 is 15.0. The maximum atomic E-state index is 12.4. The Morgan fingerprint density at radius 3 is 2.47 bits per heavy atom. The van der Waals surface area contributed by atoms with E-state index in [1.165, 1.54) is 14.2 Å². The summed E-state index contributed by atoms with van der Waals surface area (Å²) in [6.45, 7) is 1.59. The number of nitrogens with zero attached hydrogens (tertiary/aromatic N) is 2. The summed E-state index contributed by atoms with van der Waals surface area (Å²) in [4.78, 5) is 36.7. The van der Waals surface area contributed by atoms with Crippen LogP contribution in [-0.2, 0) is 14.3 Å². The summed E-state index contributed by atoms with van der Waals surface area (Å²) in [6.07, 6.45) is 0. The van der Waals surface area contributed by atoms with Crippen LogP contribution in [0.2, 0.25) is 0 Å². The number of nitrogens with one attached hydrogen (secondary N) is 1. The van der Waals surface area contributed by atoms with Crippen molar-refractivity contribution >= 4 is 45.9 Å². The van der Waals surface area contributed by atoms with E-state index in [1.54, 1.807) is 6.92 Å². The molecule has 2 heterocycles. The summed E-state index contributed by atoms with van der Waals surface area (Å²) in [7, 11) is 2.46. The Morgan fingerprint density at radius 2 is 1.80 bits per heavy atom. The van der Waals surface area contributed by atoms with E-state index in [0.29, 0.717) is 11.5 Å². The standard InChI is InChI=1S/C19H17N3O6S2/c1-10-13(17(24)26-2)16(30-14(10)18(25)27-3)20-12(23)9-29-19-22-21-15(28-19)11-7-5-4-6-8-11/h4-8H,9H2,1-3H3,(H,20,23). The quantitative estimate of drug-likeness (QED) is 0.429. The van der Waals surface area contributed by atoms with Crippen molar-refractivity contribution in [1.82, 2.24) is 10.2 Å². The minimum absolute atomic E-state index is 0.0401. The molecule has 3 rings (SSSR count). The fourth-order valence-electron chi connectivity index (χ4n) is 2.49. The van der Waals surface area contributed by atoms with Gasteiger partial charge < -0.3 is 19.2 Å². The number of carbonyl (C=O) groups excluding carboxylic acids is 3. The third-order valence-electron chi connectivity index (χ3n) is 3.91. The first-order chi connectivity index (χ1) is 14.4. The molecule has 30 heavy (non-hydrogen) atoms. The first-order valence-electron chi connectivity index (χ1n) is 8.56. The molecule has 0 spiro atoms. The number of benzene rings is 1. The number of aromatic nitrogens is 2. The molecule has 9 nitrogen and oxygen atoms in total. The summed E-state index contributed by atoms with van der Waals surface area (Å²) >= 11 is 2.00. The Labute approximate surface area is 179 Å². The summed E-state index contributed by atoms with van der Waals surface area (Å²) in [5, 5.41) is 11.0. The number of hydrogen-bond donors (Lipinski definition) is 1. The van der Waals surface area contributed by atoms with E-state index < -0.39 is 17.8 Å². The lowest BCUT2D eigenvalue weighted by Gasteiger charge is -2.05. The molecule has 0 unspecified atom stereocenters. The van der Waals surface area contributed by atoms with Crippen LogP contribution in [0, 0.1) is 6.92 Å². The van der Waals surface area contributed by atoms with Gasteiger partial charge in [-0.2, -0.15) is 0 Å². The first-order valence-corrected chi connectivity index (χ1v) is 10.4. The number of amides is 1. The predicted octanol–water partition coefficient (Wildman–Crippen LogP) is 3.41. The maximum absolute atomic E-state index is 12.4. The molecule has 3 aromatic rings. The first kappa shape index (κ1) is 21.5. The van der Waals surface area contributed by atoms with Crippen LogP contribution in [0.3, 0.4) is 0 Å². The molecule has 1 amide bonds. The van der Waals surface area contributed by atoms with Gasteiger partial charge in [0.15, 0.2) is 0 Å². The van der Waals surface area contributed by atoms with Crippen LogP contribution in [0.5, 0.6) is 0 Å². The summed E-state index contributed by atoms with van der Waals surface area (Å²) in [5.74, 6) is -1.37. The molecule has 0 aliphatic rings. The second-order valence-electron chi connectivity index (χ2n) is 5.82. The molecule has 1 N–H and O–H groups in total. The van der Waals surface area contributed by atoms with Crippen LogP contribution in [0.1, 0.15) is 25.6 Å². The second-order valence-corrected chi connectivity index (χ2v) is 7.77. The van der Waals surface area contributed by atoms with Gasteiger partial charge in [0.25, 0.3) is 5.22 Å². The van der Waals surface area contributed by atoms with Crippen molar-refractivity contribution in [1.29, 1.82) is 0 Å². The molecular weight excluding hydrogens is 430 g/mol.